The molecular formula is C14H18F2N2O3. The second-order valence-electron chi connectivity index (χ2n) is 6.18. The minimum atomic E-state index is -2.71. The second kappa shape index (κ2) is 5.13. The van der Waals surface area contributed by atoms with E-state index in [2.05, 4.69) is 5.32 Å². The number of halogens is 2. The summed E-state index contributed by atoms with van der Waals surface area (Å²) in [7, 11) is 0. The maximum Gasteiger partial charge on any atom is 0.412 e. The Morgan fingerprint density at radius 1 is 1.43 bits per heavy atom. The molecule has 1 heterocycles. The van der Waals surface area contributed by atoms with E-state index < -0.39 is 29.2 Å². The van der Waals surface area contributed by atoms with Gasteiger partial charge in [-0.2, -0.15) is 0 Å². The molecule has 0 saturated heterocycles. The summed E-state index contributed by atoms with van der Waals surface area (Å²) in [6.45, 7) is 5.10. The van der Waals surface area contributed by atoms with Crippen molar-refractivity contribution in [3.63, 3.8) is 0 Å². The van der Waals surface area contributed by atoms with Crippen LogP contribution >= 0.6 is 0 Å². The Balaban J connectivity index is 2.12. The molecule has 1 fully saturated rings. The fourth-order valence-electron chi connectivity index (χ4n) is 2.13. The van der Waals surface area contributed by atoms with Gasteiger partial charge in [0.25, 0.3) is 11.5 Å². The van der Waals surface area contributed by atoms with Crippen molar-refractivity contribution in [3.05, 3.63) is 28.7 Å². The van der Waals surface area contributed by atoms with E-state index in [1.807, 2.05) is 0 Å². The van der Waals surface area contributed by atoms with Crippen LogP contribution in [0.25, 0.3) is 0 Å². The lowest BCUT2D eigenvalue weighted by molar-refractivity contribution is -0.104. The van der Waals surface area contributed by atoms with Crippen molar-refractivity contribution in [2.24, 2.45) is 0 Å². The number of pyridine rings is 1. The topological polar surface area (TPSA) is 60.3 Å². The van der Waals surface area contributed by atoms with Gasteiger partial charge in [-0.25, -0.2) is 13.6 Å². The fraction of sp³-hybridized carbons (Fsp3) is 0.571. The van der Waals surface area contributed by atoms with Gasteiger partial charge < -0.3 is 9.30 Å². The molecule has 0 spiro atoms. The number of anilines is 1. The van der Waals surface area contributed by atoms with E-state index in [0.717, 1.165) is 0 Å². The predicted molar refractivity (Wildman–Crippen MR) is 73.8 cm³/mol. The van der Waals surface area contributed by atoms with Crippen LogP contribution in [0.15, 0.2) is 23.1 Å². The Morgan fingerprint density at radius 3 is 2.57 bits per heavy atom. The normalized spacial score (nSPS) is 18.0. The summed E-state index contributed by atoms with van der Waals surface area (Å²) in [5.74, 6) is -2.71. The average molecular weight is 300 g/mol. The largest absolute Gasteiger partial charge is 0.444 e. The lowest BCUT2D eigenvalue weighted by Gasteiger charge is -2.36. The van der Waals surface area contributed by atoms with Gasteiger partial charge in [0.2, 0.25) is 0 Å². The van der Waals surface area contributed by atoms with Gasteiger partial charge in [0.1, 0.15) is 11.3 Å². The van der Waals surface area contributed by atoms with E-state index in [1.165, 1.54) is 22.9 Å². The summed E-state index contributed by atoms with van der Waals surface area (Å²) in [5.41, 5.74) is -1.18. The lowest BCUT2D eigenvalue weighted by Crippen LogP contribution is -2.41. The highest BCUT2D eigenvalue weighted by atomic mass is 19.3. The van der Waals surface area contributed by atoms with Crippen LogP contribution in [0.3, 0.4) is 0 Å². The highest BCUT2D eigenvalue weighted by Gasteiger charge is 2.46. The number of carbonyl (C=O) groups excluding carboxylic acids is 1. The Morgan fingerprint density at radius 2 is 2.05 bits per heavy atom. The number of hydrogen-bond acceptors (Lipinski definition) is 3. The molecule has 0 atom stereocenters. The summed E-state index contributed by atoms with van der Waals surface area (Å²) in [5, 5.41) is 2.35. The number of alkyl halides is 2. The zero-order valence-corrected chi connectivity index (χ0v) is 12.2. The van der Waals surface area contributed by atoms with Gasteiger partial charge in [-0.1, -0.05) is 0 Å². The van der Waals surface area contributed by atoms with Gasteiger partial charge in [0.15, 0.2) is 0 Å². The molecule has 1 saturated carbocycles. The Hall–Kier alpha value is -1.92. The third kappa shape index (κ3) is 3.80. The van der Waals surface area contributed by atoms with E-state index in [4.69, 9.17) is 4.74 Å². The quantitative estimate of drug-likeness (QED) is 0.912. The predicted octanol–water partition coefficient (Wildman–Crippen LogP) is 3.17. The molecule has 0 unspecified atom stereocenters. The number of hydrogen-bond donors (Lipinski definition) is 1. The summed E-state index contributed by atoms with van der Waals surface area (Å²) in [4.78, 5) is 23.8. The molecule has 1 aromatic rings. The van der Waals surface area contributed by atoms with Crippen molar-refractivity contribution in [2.45, 2.75) is 51.2 Å². The molecular weight excluding hydrogens is 282 g/mol. The van der Waals surface area contributed by atoms with Crippen LogP contribution in [-0.2, 0) is 4.74 Å². The smallest absolute Gasteiger partial charge is 0.412 e. The van der Waals surface area contributed by atoms with Crippen LogP contribution in [0.5, 0.6) is 0 Å². The molecule has 1 N–H and O–H groups in total. The van der Waals surface area contributed by atoms with Crippen LogP contribution < -0.4 is 10.9 Å². The lowest BCUT2D eigenvalue weighted by atomic mass is 9.88. The second-order valence-corrected chi connectivity index (χ2v) is 6.18. The number of amides is 1. The molecule has 2 rings (SSSR count). The third-order valence-electron chi connectivity index (χ3n) is 3.07. The highest BCUT2D eigenvalue weighted by Crippen LogP contribution is 2.44. The van der Waals surface area contributed by atoms with Crippen molar-refractivity contribution < 1.29 is 18.3 Å². The number of nitrogens with zero attached hydrogens (tertiary/aromatic N) is 1. The molecule has 1 aliphatic carbocycles. The maximum absolute atomic E-state index is 12.9. The van der Waals surface area contributed by atoms with Crippen molar-refractivity contribution >= 4 is 11.8 Å². The van der Waals surface area contributed by atoms with Crippen molar-refractivity contribution in [1.29, 1.82) is 0 Å². The van der Waals surface area contributed by atoms with Crippen LogP contribution in [0.4, 0.5) is 19.3 Å². The molecule has 7 heteroatoms. The van der Waals surface area contributed by atoms with Gasteiger partial charge in [0.05, 0.1) is 0 Å². The maximum atomic E-state index is 12.9. The van der Waals surface area contributed by atoms with Gasteiger partial charge in [-0.05, 0) is 32.9 Å². The molecule has 1 aliphatic rings. The SMILES string of the molecule is CC(C)(C)OC(=O)Nc1cccn(C2CC(F)(F)C2)c1=O. The van der Waals surface area contributed by atoms with E-state index in [1.54, 1.807) is 20.8 Å². The van der Waals surface area contributed by atoms with E-state index in [9.17, 15) is 18.4 Å². The first-order chi connectivity index (χ1) is 9.57. The first-order valence-electron chi connectivity index (χ1n) is 6.66. The molecule has 1 aromatic heterocycles. The van der Waals surface area contributed by atoms with Crippen LogP contribution in [0.2, 0.25) is 0 Å². The van der Waals surface area contributed by atoms with Gasteiger partial charge in [-0.15, -0.1) is 0 Å². The Labute approximate surface area is 120 Å². The molecule has 5 nitrogen and oxygen atoms in total. The standard InChI is InChI=1S/C14H18F2N2O3/c1-13(2,3)21-12(20)17-10-5-4-6-18(11(10)19)9-7-14(15,16)8-9/h4-6,9H,7-8H2,1-3H3,(H,17,20). The van der Waals surface area contributed by atoms with Gasteiger partial charge in [0, 0.05) is 25.1 Å². The molecule has 0 radical (unpaired) electrons. The number of aromatic nitrogens is 1. The fourth-order valence-corrected chi connectivity index (χ4v) is 2.13. The highest BCUT2D eigenvalue weighted by molar-refractivity contribution is 5.84. The average Bonchev–Trinajstić information content (AvgIpc) is 2.26. The molecule has 21 heavy (non-hydrogen) atoms. The number of carbonyl (C=O) groups is 1. The first-order valence-corrected chi connectivity index (χ1v) is 6.66. The first kappa shape index (κ1) is 15.5. The van der Waals surface area contributed by atoms with Gasteiger partial charge >= 0.3 is 6.09 Å². The number of nitrogens with one attached hydrogen (secondary N) is 1. The minimum Gasteiger partial charge on any atom is -0.444 e. The zero-order valence-electron chi connectivity index (χ0n) is 12.2. The molecule has 0 aromatic carbocycles. The van der Waals surface area contributed by atoms with Crippen LogP contribution in [-0.4, -0.2) is 22.2 Å². The monoisotopic (exact) mass is 300 g/mol. The number of ether oxygens (including phenoxy) is 1. The van der Waals surface area contributed by atoms with E-state index in [0.29, 0.717) is 0 Å². The molecule has 1 amide bonds. The number of rotatable bonds is 2. The van der Waals surface area contributed by atoms with Crippen molar-refractivity contribution in [1.82, 2.24) is 4.57 Å². The Bertz CT molecular complexity index is 597. The summed E-state index contributed by atoms with van der Waals surface area (Å²) < 4.78 is 32.1. The molecule has 0 aliphatic heterocycles. The van der Waals surface area contributed by atoms with Crippen LogP contribution in [0, 0.1) is 0 Å². The summed E-state index contributed by atoms with van der Waals surface area (Å²) in [6.07, 6.45) is -0.0232. The van der Waals surface area contributed by atoms with E-state index >= 15 is 0 Å². The third-order valence-corrected chi connectivity index (χ3v) is 3.07. The molecule has 116 valence electrons. The van der Waals surface area contributed by atoms with Crippen molar-refractivity contribution in [2.75, 3.05) is 5.32 Å². The van der Waals surface area contributed by atoms with Gasteiger partial charge in [-0.3, -0.25) is 10.1 Å². The summed E-state index contributed by atoms with van der Waals surface area (Å²) >= 11 is 0. The molecule has 0 bridgehead atoms. The van der Waals surface area contributed by atoms with E-state index in [-0.39, 0.29) is 18.5 Å². The summed E-state index contributed by atoms with van der Waals surface area (Å²) in [6, 6.07) is 2.41. The Kier molecular flexibility index (Phi) is 3.78. The van der Waals surface area contributed by atoms with Crippen molar-refractivity contribution in [3.8, 4) is 0 Å². The van der Waals surface area contributed by atoms with Crippen LogP contribution in [0.1, 0.15) is 39.7 Å². The zero-order chi connectivity index (χ0) is 15.8. The minimum absolute atomic E-state index is 0.0157.